The highest BCUT2D eigenvalue weighted by atomic mass is 16.5. The van der Waals surface area contributed by atoms with Gasteiger partial charge in [-0.15, -0.1) is 0 Å². The van der Waals surface area contributed by atoms with E-state index in [0.29, 0.717) is 11.5 Å². The van der Waals surface area contributed by atoms with Crippen LogP contribution in [0.4, 0.5) is 0 Å². The van der Waals surface area contributed by atoms with Gasteiger partial charge in [0, 0.05) is 11.8 Å². The minimum atomic E-state index is 0.472. The lowest BCUT2D eigenvalue weighted by atomic mass is 9.78. The molecule has 60 valence electrons. The standard InChI is InChI=1S/C9H13NO/c1-2-4-9(3-1)5-8-10-6-7(9)11-8/h7H,1-6H2. The summed E-state index contributed by atoms with van der Waals surface area (Å²) < 4.78 is 5.66. The molecule has 1 aliphatic carbocycles. The van der Waals surface area contributed by atoms with Gasteiger partial charge in [-0.2, -0.15) is 0 Å². The molecular weight excluding hydrogens is 138 g/mol. The first-order valence-corrected chi connectivity index (χ1v) is 4.59. The molecule has 0 aromatic carbocycles. The van der Waals surface area contributed by atoms with E-state index in [9.17, 15) is 0 Å². The maximum Gasteiger partial charge on any atom is 0.184 e. The summed E-state index contributed by atoms with van der Waals surface area (Å²) in [4.78, 5) is 4.32. The van der Waals surface area contributed by atoms with Crippen molar-refractivity contribution in [3.63, 3.8) is 0 Å². The Morgan fingerprint density at radius 2 is 2.18 bits per heavy atom. The minimum Gasteiger partial charge on any atom is -0.475 e. The van der Waals surface area contributed by atoms with Gasteiger partial charge < -0.3 is 4.74 Å². The Hall–Kier alpha value is -0.530. The van der Waals surface area contributed by atoms with Crippen LogP contribution in [0.3, 0.4) is 0 Å². The van der Waals surface area contributed by atoms with Crippen LogP contribution in [0.15, 0.2) is 4.99 Å². The van der Waals surface area contributed by atoms with Crippen molar-refractivity contribution in [2.75, 3.05) is 6.54 Å². The third kappa shape index (κ3) is 0.652. The molecular formula is C9H13NO. The van der Waals surface area contributed by atoms with Crippen molar-refractivity contribution < 1.29 is 4.74 Å². The summed E-state index contributed by atoms with van der Waals surface area (Å²) in [6, 6.07) is 0. The van der Waals surface area contributed by atoms with Gasteiger partial charge in [-0.3, -0.25) is 4.99 Å². The molecule has 1 spiro atoms. The normalized spacial score (nSPS) is 37.8. The molecule has 0 aromatic rings. The van der Waals surface area contributed by atoms with Crippen LogP contribution in [-0.4, -0.2) is 18.5 Å². The van der Waals surface area contributed by atoms with Gasteiger partial charge in [-0.05, 0) is 12.8 Å². The fourth-order valence-electron chi connectivity index (χ4n) is 2.83. The number of rotatable bonds is 0. The third-order valence-corrected chi connectivity index (χ3v) is 3.50. The van der Waals surface area contributed by atoms with E-state index in [1.54, 1.807) is 0 Å². The summed E-state index contributed by atoms with van der Waals surface area (Å²) in [7, 11) is 0. The maximum absolute atomic E-state index is 5.66. The first kappa shape index (κ1) is 6.04. The van der Waals surface area contributed by atoms with Crippen molar-refractivity contribution in [2.24, 2.45) is 10.4 Å². The molecule has 3 rings (SSSR count). The van der Waals surface area contributed by atoms with E-state index in [1.165, 1.54) is 25.7 Å². The topological polar surface area (TPSA) is 21.6 Å². The smallest absolute Gasteiger partial charge is 0.184 e. The van der Waals surface area contributed by atoms with E-state index < -0.39 is 0 Å². The fourth-order valence-corrected chi connectivity index (χ4v) is 2.83. The second-order valence-corrected chi connectivity index (χ2v) is 4.09. The molecule has 2 nitrogen and oxygen atoms in total. The van der Waals surface area contributed by atoms with Gasteiger partial charge >= 0.3 is 0 Å². The number of fused-ring (bicyclic) bond motifs is 3. The van der Waals surface area contributed by atoms with Crippen molar-refractivity contribution in [1.29, 1.82) is 0 Å². The summed E-state index contributed by atoms with van der Waals surface area (Å²) in [5.74, 6) is 1.05. The SMILES string of the molecule is C1CCC2(C1)CC1=NCC2O1. The van der Waals surface area contributed by atoms with Gasteiger partial charge in [-0.25, -0.2) is 0 Å². The molecule has 1 saturated carbocycles. The Labute approximate surface area is 66.7 Å². The molecule has 1 atom stereocenters. The van der Waals surface area contributed by atoms with Crippen molar-refractivity contribution in [1.82, 2.24) is 0 Å². The van der Waals surface area contributed by atoms with Crippen LogP contribution in [0.5, 0.6) is 0 Å². The molecule has 3 aliphatic rings. The summed E-state index contributed by atoms with van der Waals surface area (Å²) >= 11 is 0. The van der Waals surface area contributed by atoms with Gasteiger partial charge in [0.15, 0.2) is 5.90 Å². The van der Waals surface area contributed by atoms with Crippen LogP contribution in [0.25, 0.3) is 0 Å². The van der Waals surface area contributed by atoms with Crippen LogP contribution >= 0.6 is 0 Å². The predicted molar refractivity (Wildman–Crippen MR) is 42.7 cm³/mol. The Bertz CT molecular complexity index is 216. The van der Waals surface area contributed by atoms with Crippen LogP contribution in [0, 0.1) is 5.41 Å². The van der Waals surface area contributed by atoms with Crippen molar-refractivity contribution in [2.45, 2.75) is 38.2 Å². The van der Waals surface area contributed by atoms with E-state index in [-0.39, 0.29) is 0 Å². The molecule has 1 unspecified atom stereocenters. The lowest BCUT2D eigenvalue weighted by Crippen LogP contribution is -2.30. The lowest BCUT2D eigenvalue weighted by Gasteiger charge is -2.26. The highest BCUT2D eigenvalue weighted by Crippen LogP contribution is 2.51. The first-order valence-electron chi connectivity index (χ1n) is 4.59. The van der Waals surface area contributed by atoms with Crippen LogP contribution < -0.4 is 0 Å². The Morgan fingerprint density at radius 3 is 2.73 bits per heavy atom. The quantitative estimate of drug-likeness (QED) is 0.517. The molecule has 0 N–H and O–H groups in total. The lowest BCUT2D eigenvalue weighted by molar-refractivity contribution is 0.117. The highest BCUT2D eigenvalue weighted by Gasteiger charge is 2.51. The minimum absolute atomic E-state index is 0.472. The molecule has 2 fully saturated rings. The van der Waals surface area contributed by atoms with E-state index in [4.69, 9.17) is 4.74 Å². The van der Waals surface area contributed by atoms with E-state index >= 15 is 0 Å². The highest BCUT2D eigenvalue weighted by molar-refractivity contribution is 5.81. The van der Waals surface area contributed by atoms with Crippen molar-refractivity contribution >= 4 is 5.90 Å². The average molecular weight is 151 g/mol. The van der Waals surface area contributed by atoms with Gasteiger partial charge in [-0.1, -0.05) is 12.8 Å². The molecule has 1 saturated heterocycles. The number of ether oxygens (including phenoxy) is 1. The molecule has 2 heteroatoms. The first-order chi connectivity index (χ1) is 5.39. The molecule has 2 bridgehead atoms. The molecule has 2 aliphatic heterocycles. The summed E-state index contributed by atoms with van der Waals surface area (Å²) in [6.45, 7) is 0.954. The zero-order valence-electron chi connectivity index (χ0n) is 6.68. The molecule has 2 heterocycles. The van der Waals surface area contributed by atoms with Crippen LogP contribution in [0.1, 0.15) is 32.1 Å². The Kier molecular flexibility index (Phi) is 0.984. The predicted octanol–water partition coefficient (Wildman–Crippen LogP) is 1.75. The zero-order chi connectivity index (χ0) is 7.31. The summed E-state index contributed by atoms with van der Waals surface area (Å²) in [5.41, 5.74) is 0.553. The largest absolute Gasteiger partial charge is 0.475 e. The van der Waals surface area contributed by atoms with E-state index in [1.807, 2.05) is 0 Å². The third-order valence-electron chi connectivity index (χ3n) is 3.50. The van der Waals surface area contributed by atoms with Gasteiger partial charge in [0.2, 0.25) is 0 Å². The van der Waals surface area contributed by atoms with Crippen molar-refractivity contribution in [3.05, 3.63) is 0 Å². The molecule has 0 radical (unpaired) electrons. The monoisotopic (exact) mass is 151 g/mol. The Balaban J connectivity index is 1.95. The Morgan fingerprint density at radius 1 is 1.36 bits per heavy atom. The number of hydrogen-bond acceptors (Lipinski definition) is 2. The van der Waals surface area contributed by atoms with Gasteiger partial charge in [0.05, 0.1) is 6.54 Å². The zero-order valence-corrected chi connectivity index (χ0v) is 6.68. The van der Waals surface area contributed by atoms with E-state index in [0.717, 1.165) is 18.9 Å². The number of nitrogens with zero attached hydrogens (tertiary/aromatic N) is 1. The second kappa shape index (κ2) is 1.79. The maximum atomic E-state index is 5.66. The summed E-state index contributed by atoms with van der Waals surface area (Å²) in [6.07, 6.45) is 7.21. The van der Waals surface area contributed by atoms with Crippen LogP contribution in [0.2, 0.25) is 0 Å². The molecule has 0 aromatic heterocycles. The van der Waals surface area contributed by atoms with E-state index in [2.05, 4.69) is 4.99 Å². The fraction of sp³-hybridized carbons (Fsp3) is 0.889. The summed E-state index contributed by atoms with van der Waals surface area (Å²) in [5, 5.41) is 0. The van der Waals surface area contributed by atoms with Crippen molar-refractivity contribution in [3.8, 4) is 0 Å². The molecule has 0 amide bonds. The van der Waals surface area contributed by atoms with Gasteiger partial charge in [0.1, 0.15) is 6.10 Å². The molecule has 11 heavy (non-hydrogen) atoms. The van der Waals surface area contributed by atoms with Crippen LogP contribution in [-0.2, 0) is 4.74 Å². The second-order valence-electron chi connectivity index (χ2n) is 4.09. The number of aliphatic imine (C=N–C) groups is 1. The average Bonchev–Trinajstić information content (AvgIpc) is 2.64. The van der Waals surface area contributed by atoms with Gasteiger partial charge in [0.25, 0.3) is 0 Å². The number of hydrogen-bond donors (Lipinski definition) is 0.